The van der Waals surface area contributed by atoms with E-state index < -0.39 is 10.8 Å². The highest BCUT2D eigenvalue weighted by Gasteiger charge is 2.30. The Morgan fingerprint density at radius 3 is 2.75 bits per heavy atom. The van der Waals surface area contributed by atoms with Gasteiger partial charge in [-0.1, -0.05) is 41.6 Å². The molecule has 0 saturated carbocycles. The molecule has 0 aliphatic carbocycles. The van der Waals surface area contributed by atoms with Crippen LogP contribution in [0.4, 0.5) is 17.3 Å². The normalized spacial score (nSPS) is 15.0. The van der Waals surface area contributed by atoms with Gasteiger partial charge in [0.2, 0.25) is 22.9 Å². The topological polar surface area (TPSA) is 132 Å². The SMILES string of the molecule is O=C(CC1Cn2nc(SCc3ccccc3Cl)nc2NC1=O)Nc1ccc([N+](=O)[O-])cc1. The number of carbonyl (C=O) groups is 2. The lowest BCUT2D eigenvalue weighted by atomic mass is 10.0. The van der Waals surface area contributed by atoms with E-state index in [2.05, 4.69) is 20.7 Å². The van der Waals surface area contributed by atoms with E-state index in [0.717, 1.165) is 5.56 Å². The monoisotopic (exact) mass is 472 g/mol. The molecule has 1 atom stereocenters. The molecule has 1 aliphatic heterocycles. The molecule has 2 aromatic carbocycles. The Balaban J connectivity index is 1.35. The molecule has 1 aromatic heterocycles. The van der Waals surface area contributed by atoms with Crippen molar-refractivity contribution in [3.8, 4) is 0 Å². The summed E-state index contributed by atoms with van der Waals surface area (Å²) in [6, 6.07) is 13.0. The lowest BCUT2D eigenvalue weighted by Gasteiger charge is -2.21. The number of nitrogens with zero attached hydrogens (tertiary/aromatic N) is 4. The fraction of sp³-hybridized carbons (Fsp3) is 0.200. The second-order valence-corrected chi connectivity index (χ2v) is 8.37. The molecule has 0 fully saturated rings. The van der Waals surface area contributed by atoms with Crippen LogP contribution in [0.2, 0.25) is 5.02 Å². The van der Waals surface area contributed by atoms with Crippen LogP contribution >= 0.6 is 23.4 Å². The number of nitro groups is 1. The molecule has 164 valence electrons. The van der Waals surface area contributed by atoms with Crippen molar-refractivity contribution in [2.24, 2.45) is 5.92 Å². The van der Waals surface area contributed by atoms with Crippen molar-refractivity contribution >= 4 is 52.5 Å². The van der Waals surface area contributed by atoms with E-state index in [-0.39, 0.29) is 30.5 Å². The molecule has 2 amide bonds. The number of rotatable bonds is 7. The van der Waals surface area contributed by atoms with Crippen LogP contribution < -0.4 is 10.6 Å². The number of fused-ring (bicyclic) bond motifs is 1. The van der Waals surface area contributed by atoms with Crippen molar-refractivity contribution in [3.63, 3.8) is 0 Å². The van der Waals surface area contributed by atoms with Gasteiger partial charge in [0.05, 0.1) is 17.4 Å². The van der Waals surface area contributed by atoms with E-state index in [1.54, 1.807) is 4.68 Å². The summed E-state index contributed by atoms with van der Waals surface area (Å²) in [7, 11) is 0. The molecule has 1 unspecified atom stereocenters. The van der Waals surface area contributed by atoms with Crippen LogP contribution in [0, 0.1) is 16.0 Å². The number of hydrogen-bond donors (Lipinski definition) is 2. The average molecular weight is 473 g/mol. The summed E-state index contributed by atoms with van der Waals surface area (Å²) < 4.78 is 1.57. The summed E-state index contributed by atoms with van der Waals surface area (Å²) in [6.45, 7) is 0.217. The number of halogens is 1. The molecule has 1 aliphatic rings. The van der Waals surface area contributed by atoms with Gasteiger partial charge in [-0.25, -0.2) is 4.68 Å². The maximum absolute atomic E-state index is 12.4. The molecule has 0 spiro atoms. The van der Waals surface area contributed by atoms with Crippen LogP contribution in [0.3, 0.4) is 0 Å². The highest BCUT2D eigenvalue weighted by molar-refractivity contribution is 7.98. The fourth-order valence-corrected chi connectivity index (χ4v) is 4.25. The number of carbonyl (C=O) groups excluding carboxylic acids is 2. The predicted molar refractivity (Wildman–Crippen MR) is 119 cm³/mol. The third kappa shape index (κ3) is 5.06. The number of amides is 2. The van der Waals surface area contributed by atoms with Crippen molar-refractivity contribution in [2.45, 2.75) is 23.9 Å². The molecule has 4 rings (SSSR count). The van der Waals surface area contributed by atoms with Crippen LogP contribution in [-0.2, 0) is 21.9 Å². The first kappa shape index (κ1) is 21.8. The molecule has 0 bridgehead atoms. The Kier molecular flexibility index (Phi) is 6.37. The number of nitro benzene ring substituents is 1. The Morgan fingerprint density at radius 2 is 2.03 bits per heavy atom. The van der Waals surface area contributed by atoms with Crippen LogP contribution in [0.5, 0.6) is 0 Å². The third-order valence-electron chi connectivity index (χ3n) is 4.76. The second kappa shape index (κ2) is 9.37. The molecule has 10 nitrogen and oxygen atoms in total. The number of non-ortho nitro benzene ring substituents is 1. The molecule has 2 heterocycles. The van der Waals surface area contributed by atoms with E-state index >= 15 is 0 Å². The number of hydrogen-bond acceptors (Lipinski definition) is 7. The maximum Gasteiger partial charge on any atom is 0.269 e. The summed E-state index contributed by atoms with van der Waals surface area (Å²) in [4.78, 5) is 39.3. The van der Waals surface area contributed by atoms with E-state index in [4.69, 9.17) is 11.6 Å². The second-order valence-electron chi connectivity index (χ2n) is 7.02. The predicted octanol–water partition coefficient (Wildman–Crippen LogP) is 3.73. The van der Waals surface area contributed by atoms with Gasteiger partial charge in [-0.05, 0) is 23.8 Å². The van der Waals surface area contributed by atoms with Gasteiger partial charge < -0.3 is 5.32 Å². The number of thioether (sulfide) groups is 1. The first-order chi connectivity index (χ1) is 15.4. The van der Waals surface area contributed by atoms with Crippen LogP contribution in [-0.4, -0.2) is 31.5 Å². The zero-order valence-corrected chi connectivity index (χ0v) is 18.1. The highest BCUT2D eigenvalue weighted by atomic mass is 35.5. The number of aromatic nitrogens is 3. The van der Waals surface area contributed by atoms with Crippen LogP contribution in [0.25, 0.3) is 0 Å². The van der Waals surface area contributed by atoms with Gasteiger partial charge in [-0.15, -0.1) is 5.10 Å². The maximum atomic E-state index is 12.4. The molecule has 2 N–H and O–H groups in total. The van der Waals surface area contributed by atoms with Crippen molar-refractivity contribution in [3.05, 3.63) is 69.2 Å². The van der Waals surface area contributed by atoms with Crippen molar-refractivity contribution in [1.29, 1.82) is 0 Å². The lowest BCUT2D eigenvalue weighted by molar-refractivity contribution is -0.384. The van der Waals surface area contributed by atoms with Gasteiger partial charge in [0.1, 0.15) is 0 Å². The van der Waals surface area contributed by atoms with Gasteiger partial charge >= 0.3 is 0 Å². The first-order valence-electron chi connectivity index (χ1n) is 9.55. The van der Waals surface area contributed by atoms with Gasteiger partial charge in [-0.2, -0.15) is 4.98 Å². The zero-order chi connectivity index (χ0) is 22.7. The van der Waals surface area contributed by atoms with E-state index in [9.17, 15) is 19.7 Å². The van der Waals surface area contributed by atoms with Gasteiger partial charge in [0.15, 0.2) is 0 Å². The van der Waals surface area contributed by atoms with Gasteiger partial charge in [0, 0.05) is 35.0 Å². The van der Waals surface area contributed by atoms with Crippen molar-refractivity contribution in [1.82, 2.24) is 14.8 Å². The fourth-order valence-electron chi connectivity index (χ4n) is 3.12. The standard InChI is InChI=1S/C20H17ClN6O4S/c21-16-4-2-1-3-12(16)11-32-20-24-19-23-18(29)13(10-26(19)25-20)9-17(28)22-14-5-7-15(8-6-14)27(30)31/h1-8,13H,9-11H2,(H,22,28)(H,23,24,25,29). The van der Waals surface area contributed by atoms with E-state index in [1.807, 2.05) is 24.3 Å². The molecule has 0 radical (unpaired) electrons. The Morgan fingerprint density at radius 1 is 1.28 bits per heavy atom. The highest BCUT2D eigenvalue weighted by Crippen LogP contribution is 2.27. The smallest absolute Gasteiger partial charge is 0.269 e. The number of anilines is 2. The minimum absolute atomic E-state index is 0.0653. The molecule has 32 heavy (non-hydrogen) atoms. The first-order valence-corrected chi connectivity index (χ1v) is 10.9. The van der Waals surface area contributed by atoms with E-state index in [1.165, 1.54) is 36.0 Å². The van der Waals surface area contributed by atoms with Crippen LogP contribution in [0.1, 0.15) is 12.0 Å². The molecule has 12 heteroatoms. The molecular formula is C20H17ClN6O4S. The van der Waals surface area contributed by atoms with E-state index in [0.29, 0.717) is 27.6 Å². The summed E-state index contributed by atoms with van der Waals surface area (Å²) in [5.41, 5.74) is 1.30. The average Bonchev–Trinajstić information content (AvgIpc) is 3.15. The molecular weight excluding hydrogens is 456 g/mol. The van der Waals surface area contributed by atoms with Gasteiger partial charge in [-0.3, -0.25) is 25.0 Å². The summed E-state index contributed by atoms with van der Waals surface area (Å²) in [6.07, 6.45) is -0.0653. The molecule has 0 saturated heterocycles. The Bertz CT molecular complexity index is 1180. The van der Waals surface area contributed by atoms with Crippen molar-refractivity contribution in [2.75, 3.05) is 10.6 Å². The van der Waals surface area contributed by atoms with Crippen molar-refractivity contribution < 1.29 is 14.5 Å². The quantitative estimate of drug-likeness (QED) is 0.304. The minimum Gasteiger partial charge on any atom is -0.326 e. The zero-order valence-electron chi connectivity index (χ0n) is 16.5. The minimum atomic E-state index is -0.622. The summed E-state index contributed by atoms with van der Waals surface area (Å²) in [5, 5.41) is 21.6. The Labute approximate surface area is 191 Å². The molecule has 3 aromatic rings. The number of nitrogens with one attached hydrogen (secondary N) is 2. The van der Waals surface area contributed by atoms with Crippen LogP contribution in [0.15, 0.2) is 53.7 Å². The number of benzene rings is 2. The summed E-state index contributed by atoms with van der Waals surface area (Å²) in [5.74, 6) is -0.396. The largest absolute Gasteiger partial charge is 0.326 e. The Hall–Kier alpha value is -3.44. The van der Waals surface area contributed by atoms with Gasteiger partial charge in [0.25, 0.3) is 5.69 Å². The third-order valence-corrected chi connectivity index (χ3v) is 6.01. The summed E-state index contributed by atoms with van der Waals surface area (Å²) >= 11 is 7.57. The lowest BCUT2D eigenvalue weighted by Crippen LogP contribution is -2.36.